The molecule has 0 saturated carbocycles. The van der Waals surface area contributed by atoms with E-state index >= 15 is 0 Å². The zero-order valence-electron chi connectivity index (χ0n) is 13.0. The topological polar surface area (TPSA) is 230 Å². The third kappa shape index (κ3) is 28.1. The van der Waals surface area contributed by atoms with Gasteiger partial charge in [-0.15, -0.1) is 11.3 Å². The number of hydrogen-bond acceptors (Lipinski definition) is 10. The highest BCUT2D eigenvalue weighted by molar-refractivity contribution is 7.90. The van der Waals surface area contributed by atoms with E-state index in [9.17, 15) is 33.7 Å². The Kier molecular flexibility index (Phi) is 11.8. The zero-order valence-corrected chi connectivity index (χ0v) is 17.1. The number of rotatable bonds is 6. The molecule has 0 fully saturated rings. The van der Waals surface area contributed by atoms with Crippen molar-refractivity contribution in [1.29, 1.82) is 0 Å². The average molecular weight is 480 g/mol. The van der Waals surface area contributed by atoms with Crippen molar-refractivity contribution >= 4 is 51.8 Å². The monoisotopic (exact) mass is 479 g/mol. The highest BCUT2D eigenvalue weighted by Gasteiger charge is 2.12. The van der Waals surface area contributed by atoms with Crippen LogP contribution < -0.4 is 0 Å². The van der Waals surface area contributed by atoms with Crippen molar-refractivity contribution in [2.24, 2.45) is 0 Å². The van der Waals surface area contributed by atoms with E-state index in [1.807, 2.05) is 17.8 Å². The van der Waals surface area contributed by atoms with Gasteiger partial charge in [0.2, 0.25) is 0 Å². The number of hydrogen-bond donors (Lipinski definition) is 4. The molecule has 0 radical (unpaired) electrons. The van der Waals surface area contributed by atoms with Crippen molar-refractivity contribution in [3.05, 3.63) is 16.6 Å². The van der Waals surface area contributed by atoms with Gasteiger partial charge in [-0.2, -0.15) is 33.7 Å². The van der Waals surface area contributed by atoms with Gasteiger partial charge in [-0.3, -0.25) is 23.2 Å². The molecular weight excluding hydrogens is 462 g/mol. The van der Waals surface area contributed by atoms with Crippen LogP contribution in [0.2, 0.25) is 0 Å². The van der Waals surface area contributed by atoms with Crippen LogP contribution in [0.5, 0.6) is 0 Å². The second-order valence-corrected chi connectivity index (χ2v) is 11.3. The first-order valence-corrected chi connectivity index (χ1v) is 13.3. The maximum absolute atomic E-state index is 9.86. The van der Waals surface area contributed by atoms with Gasteiger partial charge in [0.05, 0.1) is 28.5 Å². The van der Waals surface area contributed by atoms with Gasteiger partial charge in [0, 0.05) is 11.1 Å². The predicted octanol–water partition coefficient (Wildman–Crippen LogP) is -1.02. The smallest absolute Gasteiger partial charge is 0.265 e. The Morgan fingerprint density at radius 2 is 1.00 bits per heavy atom. The molecule has 26 heavy (non-hydrogen) atoms. The molecule has 156 valence electrons. The molecule has 13 nitrogen and oxygen atoms in total. The lowest BCUT2D eigenvalue weighted by atomic mass is 10.6. The minimum Gasteiger partial charge on any atom is -0.286 e. The molecule has 18 heteroatoms. The Morgan fingerprint density at radius 3 is 1.08 bits per heavy atom. The summed E-state index contributed by atoms with van der Waals surface area (Å²) in [6.45, 7) is 1.98. The lowest BCUT2D eigenvalue weighted by molar-refractivity contribution is 0.472. The van der Waals surface area contributed by atoms with Crippen LogP contribution in [0, 0.1) is 6.92 Å². The van der Waals surface area contributed by atoms with E-state index in [0.717, 1.165) is 5.69 Å². The van der Waals surface area contributed by atoms with E-state index in [1.54, 1.807) is 11.3 Å². The molecular formula is C8H17NO12S5. The summed E-state index contributed by atoms with van der Waals surface area (Å²) in [5.74, 6) is -3.92. The van der Waals surface area contributed by atoms with Crippen LogP contribution in [0.1, 0.15) is 5.69 Å². The molecule has 4 N–H and O–H groups in total. The molecule has 0 aromatic carbocycles. The third-order valence-corrected chi connectivity index (χ3v) is 5.86. The lowest BCUT2D eigenvalue weighted by Gasteiger charge is -1.92. The summed E-state index contributed by atoms with van der Waals surface area (Å²) < 4.78 is 111. The van der Waals surface area contributed by atoms with Crippen LogP contribution in [0.3, 0.4) is 0 Å². The Labute approximate surface area is 155 Å². The van der Waals surface area contributed by atoms with Gasteiger partial charge in [-0.05, 0) is 6.92 Å². The molecule has 1 aromatic heterocycles. The Hall–Kier alpha value is -0.730. The minimum absolute atomic E-state index is 0.980. The fourth-order valence-corrected chi connectivity index (χ4v) is 4.61. The van der Waals surface area contributed by atoms with E-state index in [1.165, 1.54) is 0 Å². The van der Waals surface area contributed by atoms with Gasteiger partial charge < -0.3 is 0 Å². The number of thiazole rings is 1. The summed E-state index contributed by atoms with van der Waals surface area (Å²) in [5, 5.41) is 2.01. The van der Waals surface area contributed by atoms with Crippen LogP contribution in [0.25, 0.3) is 0 Å². The Balaban J connectivity index is 0. The van der Waals surface area contributed by atoms with Gasteiger partial charge in [0.25, 0.3) is 40.5 Å². The molecule has 0 atom stereocenters. The molecule has 1 heterocycles. The SMILES string of the molecule is Cc1cscn1.O=S(=O)(O)CCS(=O)(=O)O.O=S(=O)(O)CCS(=O)(=O)O. The summed E-state index contributed by atoms with van der Waals surface area (Å²) >= 11 is 1.63. The first kappa shape index (κ1) is 27.5. The van der Waals surface area contributed by atoms with Crippen LogP contribution in [-0.2, 0) is 40.5 Å². The first-order chi connectivity index (χ1) is 11.3. The van der Waals surface area contributed by atoms with Crippen molar-refractivity contribution in [2.75, 3.05) is 23.0 Å². The molecule has 1 aromatic rings. The fraction of sp³-hybridized carbons (Fsp3) is 0.625. The molecule has 1 rings (SSSR count). The summed E-state index contributed by atoms with van der Waals surface area (Å²) in [5.41, 5.74) is 2.94. The predicted molar refractivity (Wildman–Crippen MR) is 92.5 cm³/mol. The first-order valence-electron chi connectivity index (χ1n) is 5.96. The summed E-state index contributed by atoms with van der Waals surface area (Å²) in [7, 11) is -17.2. The quantitative estimate of drug-likeness (QED) is 0.358. The molecule has 0 saturated heterocycles. The van der Waals surface area contributed by atoms with Crippen molar-refractivity contribution < 1.29 is 51.9 Å². The van der Waals surface area contributed by atoms with Gasteiger partial charge in [-0.1, -0.05) is 0 Å². The summed E-state index contributed by atoms with van der Waals surface area (Å²) in [6, 6.07) is 0. The van der Waals surface area contributed by atoms with E-state index < -0.39 is 63.5 Å². The molecule has 0 amide bonds. The van der Waals surface area contributed by atoms with E-state index in [-0.39, 0.29) is 0 Å². The standard InChI is InChI=1S/C4H5NS.2C2H6O6S2/c1-4-2-6-3-5-4;2*3-9(4,5)1-2-10(6,7)8/h2-3H,1H3;2*1-2H2,(H,3,4,5)(H,6,7,8). The van der Waals surface area contributed by atoms with Crippen LogP contribution >= 0.6 is 11.3 Å². The molecule has 0 bridgehead atoms. The Bertz CT molecular complexity index is 799. The second kappa shape index (κ2) is 11.2. The maximum atomic E-state index is 9.86. The van der Waals surface area contributed by atoms with Crippen molar-refractivity contribution in [2.45, 2.75) is 6.92 Å². The van der Waals surface area contributed by atoms with Crippen LogP contribution in [0.4, 0.5) is 0 Å². The summed E-state index contributed by atoms with van der Waals surface area (Å²) in [6.07, 6.45) is 0. The van der Waals surface area contributed by atoms with Crippen molar-refractivity contribution in [3.63, 3.8) is 0 Å². The molecule has 0 aliphatic carbocycles. The Morgan fingerprint density at radius 1 is 0.731 bits per heavy atom. The van der Waals surface area contributed by atoms with Crippen molar-refractivity contribution in [1.82, 2.24) is 4.98 Å². The van der Waals surface area contributed by atoms with Crippen molar-refractivity contribution in [3.8, 4) is 0 Å². The van der Waals surface area contributed by atoms with Gasteiger partial charge in [0.1, 0.15) is 0 Å². The van der Waals surface area contributed by atoms with E-state index in [2.05, 4.69) is 4.98 Å². The van der Waals surface area contributed by atoms with Crippen LogP contribution in [0.15, 0.2) is 10.9 Å². The average Bonchev–Trinajstić information content (AvgIpc) is 2.84. The fourth-order valence-electron chi connectivity index (χ4n) is 0.694. The molecule has 0 aliphatic rings. The van der Waals surface area contributed by atoms with Gasteiger partial charge in [-0.25, -0.2) is 0 Å². The lowest BCUT2D eigenvalue weighted by Crippen LogP contribution is -2.15. The molecule has 0 unspecified atom stereocenters. The second-order valence-electron chi connectivity index (χ2n) is 4.27. The van der Waals surface area contributed by atoms with Gasteiger partial charge >= 0.3 is 0 Å². The summed E-state index contributed by atoms with van der Waals surface area (Å²) in [4.78, 5) is 3.94. The number of nitrogens with zero attached hydrogens (tertiary/aromatic N) is 1. The van der Waals surface area contributed by atoms with E-state index in [4.69, 9.17) is 18.2 Å². The maximum Gasteiger partial charge on any atom is 0.265 e. The molecule has 0 spiro atoms. The number of aromatic nitrogens is 1. The van der Waals surface area contributed by atoms with E-state index in [0.29, 0.717) is 0 Å². The highest BCUT2D eigenvalue weighted by atomic mass is 32.2. The normalized spacial score (nSPS) is 12.3. The largest absolute Gasteiger partial charge is 0.286 e. The highest BCUT2D eigenvalue weighted by Crippen LogP contribution is 1.95. The zero-order chi connectivity index (χ0) is 21.2. The number of aryl methyl sites for hydroxylation is 1. The molecule has 0 aliphatic heterocycles. The minimum atomic E-state index is -4.30. The third-order valence-electron chi connectivity index (χ3n) is 1.75. The van der Waals surface area contributed by atoms with Crippen LogP contribution in [-0.4, -0.2) is 79.9 Å². The van der Waals surface area contributed by atoms with Gasteiger partial charge in [0.15, 0.2) is 0 Å².